The molecular weight excluding hydrogens is 275 g/mol. The van der Waals surface area contributed by atoms with Crippen molar-refractivity contribution >= 4 is 18.1 Å². The minimum atomic E-state index is -0.332. The van der Waals surface area contributed by atoms with Gasteiger partial charge in [0.1, 0.15) is 18.6 Å². The Hall–Kier alpha value is -2.24. The highest BCUT2D eigenvalue weighted by molar-refractivity contribution is 5.89. The lowest BCUT2D eigenvalue weighted by atomic mass is 10.2. The lowest BCUT2D eigenvalue weighted by Gasteiger charge is -2.33. The third-order valence-corrected chi connectivity index (χ3v) is 4.17. The zero-order valence-corrected chi connectivity index (χ0v) is 11.5. The van der Waals surface area contributed by atoms with Gasteiger partial charge in [0.05, 0.1) is 18.0 Å². The number of piperazine rings is 1. The molecule has 1 saturated carbocycles. The lowest BCUT2D eigenvalue weighted by Crippen LogP contribution is -2.51. The highest BCUT2D eigenvalue weighted by Crippen LogP contribution is 2.43. The topological polar surface area (TPSA) is 57.7 Å². The zero-order valence-electron chi connectivity index (χ0n) is 11.5. The van der Waals surface area contributed by atoms with E-state index in [0.717, 1.165) is 11.8 Å². The van der Waals surface area contributed by atoms with Gasteiger partial charge >= 0.3 is 0 Å². The fourth-order valence-corrected chi connectivity index (χ4v) is 3.06. The van der Waals surface area contributed by atoms with Crippen molar-refractivity contribution in [1.29, 1.82) is 0 Å². The molecule has 21 heavy (non-hydrogen) atoms. The summed E-state index contributed by atoms with van der Waals surface area (Å²) >= 11 is 0. The maximum Gasteiger partial charge on any atom is 0.242 e. The van der Waals surface area contributed by atoms with E-state index in [4.69, 9.17) is 0 Å². The molecule has 1 aromatic rings. The van der Waals surface area contributed by atoms with E-state index in [9.17, 15) is 18.8 Å². The highest BCUT2D eigenvalue weighted by atomic mass is 19.1. The van der Waals surface area contributed by atoms with Crippen LogP contribution in [0.25, 0.3) is 0 Å². The monoisotopic (exact) mass is 290 g/mol. The summed E-state index contributed by atoms with van der Waals surface area (Å²) < 4.78 is 12.9. The Morgan fingerprint density at radius 3 is 2.57 bits per heavy atom. The number of fused-ring (bicyclic) bond motifs is 1. The molecule has 0 radical (unpaired) electrons. The van der Waals surface area contributed by atoms with Gasteiger partial charge in [-0.2, -0.15) is 0 Å². The predicted octanol–water partition coefficient (Wildman–Crippen LogP) is 0.582. The zero-order chi connectivity index (χ0) is 15.1. The number of benzene rings is 1. The van der Waals surface area contributed by atoms with E-state index in [0.29, 0.717) is 6.54 Å². The molecule has 2 aliphatic rings. The molecule has 1 saturated heterocycles. The third kappa shape index (κ3) is 2.30. The minimum Gasteiger partial charge on any atom is -0.331 e. The smallest absolute Gasteiger partial charge is 0.242 e. The van der Waals surface area contributed by atoms with Crippen LogP contribution in [-0.4, -0.2) is 46.5 Å². The lowest BCUT2D eigenvalue weighted by molar-refractivity contribution is -0.144. The van der Waals surface area contributed by atoms with E-state index >= 15 is 0 Å². The van der Waals surface area contributed by atoms with Gasteiger partial charge in [-0.3, -0.25) is 9.59 Å². The first-order valence-corrected chi connectivity index (χ1v) is 6.79. The average molecular weight is 290 g/mol. The second-order valence-electron chi connectivity index (χ2n) is 5.49. The Morgan fingerprint density at radius 1 is 1.33 bits per heavy atom. The van der Waals surface area contributed by atoms with E-state index in [1.54, 1.807) is 17.0 Å². The summed E-state index contributed by atoms with van der Waals surface area (Å²) in [6.07, 6.45) is 0.807. The standard InChI is InChI=1S/C15H15FN2O3/c1-9(20)17-7-13(21)18(15-12(8-19)14(15)17)6-10-2-4-11(16)5-3-10/h2-5,8,12,14-15H,6-7H2,1H3. The molecule has 3 rings (SSSR count). The largest absolute Gasteiger partial charge is 0.331 e. The van der Waals surface area contributed by atoms with Crippen LogP contribution in [-0.2, 0) is 20.9 Å². The van der Waals surface area contributed by atoms with Crippen LogP contribution < -0.4 is 0 Å². The van der Waals surface area contributed by atoms with Crippen LogP contribution in [0.3, 0.4) is 0 Å². The summed E-state index contributed by atoms with van der Waals surface area (Å²) in [5.74, 6) is -1.02. The molecule has 2 fully saturated rings. The molecule has 3 unspecified atom stereocenters. The van der Waals surface area contributed by atoms with Gasteiger partial charge in [-0.05, 0) is 17.7 Å². The number of halogens is 1. The Bertz CT molecular complexity index is 601. The number of hydrogen-bond donors (Lipinski definition) is 0. The predicted molar refractivity (Wildman–Crippen MR) is 71.5 cm³/mol. The van der Waals surface area contributed by atoms with Crippen LogP contribution in [0.4, 0.5) is 4.39 Å². The number of aldehydes is 1. The van der Waals surface area contributed by atoms with Crippen LogP contribution in [0, 0.1) is 11.7 Å². The molecule has 2 amide bonds. The number of nitrogens with zero attached hydrogens (tertiary/aromatic N) is 2. The van der Waals surface area contributed by atoms with Gasteiger partial charge < -0.3 is 14.6 Å². The maximum absolute atomic E-state index is 12.9. The van der Waals surface area contributed by atoms with E-state index in [-0.39, 0.29) is 42.2 Å². The summed E-state index contributed by atoms with van der Waals surface area (Å²) in [5.41, 5.74) is 0.802. The molecule has 0 spiro atoms. The molecular formula is C15H15FN2O3. The number of hydrogen-bond acceptors (Lipinski definition) is 3. The van der Waals surface area contributed by atoms with Crippen molar-refractivity contribution in [2.45, 2.75) is 25.6 Å². The first-order valence-electron chi connectivity index (χ1n) is 6.79. The summed E-state index contributed by atoms with van der Waals surface area (Å²) in [4.78, 5) is 38.0. The average Bonchev–Trinajstić information content (AvgIpc) is 3.17. The molecule has 1 heterocycles. The third-order valence-electron chi connectivity index (χ3n) is 4.17. The van der Waals surface area contributed by atoms with E-state index in [1.807, 2.05) is 0 Å². The van der Waals surface area contributed by atoms with Crippen LogP contribution in [0.5, 0.6) is 0 Å². The second kappa shape index (κ2) is 4.95. The van der Waals surface area contributed by atoms with Crippen LogP contribution >= 0.6 is 0 Å². The van der Waals surface area contributed by atoms with Crippen molar-refractivity contribution in [2.75, 3.05) is 6.54 Å². The fourth-order valence-electron chi connectivity index (χ4n) is 3.06. The van der Waals surface area contributed by atoms with Crippen molar-refractivity contribution in [3.63, 3.8) is 0 Å². The Morgan fingerprint density at radius 2 is 2.00 bits per heavy atom. The van der Waals surface area contributed by atoms with E-state index < -0.39 is 0 Å². The van der Waals surface area contributed by atoms with Crippen LogP contribution in [0.1, 0.15) is 12.5 Å². The van der Waals surface area contributed by atoms with Crippen molar-refractivity contribution < 1.29 is 18.8 Å². The van der Waals surface area contributed by atoms with Gasteiger partial charge in [0.2, 0.25) is 11.8 Å². The first kappa shape index (κ1) is 13.7. The molecule has 5 nitrogen and oxygen atoms in total. The minimum absolute atomic E-state index is 0.00202. The number of amides is 2. The molecule has 1 aromatic carbocycles. The van der Waals surface area contributed by atoms with Crippen LogP contribution in [0.2, 0.25) is 0 Å². The van der Waals surface area contributed by atoms with Crippen molar-refractivity contribution in [1.82, 2.24) is 9.80 Å². The highest BCUT2D eigenvalue weighted by Gasteiger charge is 2.61. The quantitative estimate of drug-likeness (QED) is 0.765. The molecule has 3 atom stereocenters. The van der Waals surface area contributed by atoms with Crippen LogP contribution in [0.15, 0.2) is 24.3 Å². The first-order chi connectivity index (χ1) is 10.0. The van der Waals surface area contributed by atoms with Gasteiger partial charge in [-0.15, -0.1) is 0 Å². The SMILES string of the molecule is CC(=O)N1CC(=O)N(Cc2ccc(F)cc2)C2C(C=O)C21. The van der Waals surface area contributed by atoms with E-state index in [1.165, 1.54) is 24.0 Å². The Kier molecular flexibility index (Phi) is 3.23. The van der Waals surface area contributed by atoms with Crippen molar-refractivity contribution in [3.8, 4) is 0 Å². The number of rotatable bonds is 3. The summed E-state index contributed by atoms with van der Waals surface area (Å²) in [6.45, 7) is 1.73. The van der Waals surface area contributed by atoms with Gasteiger partial charge in [0.15, 0.2) is 0 Å². The fraction of sp³-hybridized carbons (Fsp3) is 0.400. The van der Waals surface area contributed by atoms with Crippen molar-refractivity contribution in [2.24, 2.45) is 5.92 Å². The van der Waals surface area contributed by atoms with Gasteiger partial charge in [0.25, 0.3) is 0 Å². The van der Waals surface area contributed by atoms with Crippen molar-refractivity contribution in [3.05, 3.63) is 35.6 Å². The molecule has 1 aliphatic carbocycles. The Balaban J connectivity index is 1.80. The molecule has 110 valence electrons. The maximum atomic E-state index is 12.9. The number of carbonyl (C=O) groups is 3. The molecule has 0 bridgehead atoms. The summed E-state index contributed by atoms with van der Waals surface area (Å²) in [6, 6.07) is 5.46. The van der Waals surface area contributed by atoms with Gasteiger partial charge in [-0.25, -0.2) is 4.39 Å². The normalized spacial score (nSPS) is 27.3. The second-order valence-corrected chi connectivity index (χ2v) is 5.49. The number of carbonyl (C=O) groups excluding carboxylic acids is 3. The summed E-state index contributed by atoms with van der Waals surface area (Å²) in [5, 5.41) is 0. The Labute approximate surface area is 121 Å². The molecule has 0 aromatic heterocycles. The molecule has 0 N–H and O–H groups in total. The summed E-state index contributed by atoms with van der Waals surface area (Å²) in [7, 11) is 0. The molecule has 6 heteroatoms. The molecule has 1 aliphatic heterocycles. The van der Waals surface area contributed by atoms with Gasteiger partial charge in [0, 0.05) is 13.5 Å². The van der Waals surface area contributed by atoms with E-state index in [2.05, 4.69) is 0 Å². The van der Waals surface area contributed by atoms with Gasteiger partial charge in [-0.1, -0.05) is 12.1 Å².